The van der Waals surface area contributed by atoms with Crippen LogP contribution in [0, 0.1) is 17.6 Å². The van der Waals surface area contributed by atoms with Crippen molar-refractivity contribution in [2.24, 2.45) is 5.92 Å². The van der Waals surface area contributed by atoms with E-state index in [9.17, 15) is 8.78 Å². The minimum Gasteiger partial charge on any atom is -0.359 e. The van der Waals surface area contributed by atoms with Gasteiger partial charge in [-0.25, -0.2) is 8.78 Å². The Bertz CT molecular complexity index is 639. The van der Waals surface area contributed by atoms with Crippen LogP contribution in [0.15, 0.2) is 48.5 Å². The number of benzene rings is 2. The summed E-state index contributed by atoms with van der Waals surface area (Å²) >= 11 is 5.33. The van der Waals surface area contributed by atoms with Gasteiger partial charge in [0.25, 0.3) is 0 Å². The van der Waals surface area contributed by atoms with Gasteiger partial charge in [0.05, 0.1) is 6.04 Å². The number of nitrogens with one attached hydrogen (secondary N) is 2. The van der Waals surface area contributed by atoms with E-state index in [4.69, 9.17) is 12.2 Å². The van der Waals surface area contributed by atoms with Gasteiger partial charge in [-0.2, -0.15) is 0 Å². The molecule has 0 amide bonds. The standard InChI is InChI=1S/C18H20F2N2S/c1-12(2)17(14-5-9-16(20)10-6-14)22-18(23)21-11-13-3-7-15(19)8-4-13/h3-10,12,17H,11H2,1-2H3,(H2,21,22,23)/t17-/m1/s1. The second kappa shape index (κ2) is 8.02. The number of hydrogen-bond acceptors (Lipinski definition) is 1. The average Bonchev–Trinajstić information content (AvgIpc) is 2.53. The van der Waals surface area contributed by atoms with Crippen molar-refractivity contribution in [1.82, 2.24) is 10.6 Å². The van der Waals surface area contributed by atoms with Gasteiger partial charge in [0.2, 0.25) is 0 Å². The summed E-state index contributed by atoms with van der Waals surface area (Å²) in [5.41, 5.74) is 1.92. The van der Waals surface area contributed by atoms with Crippen molar-refractivity contribution in [2.45, 2.75) is 26.4 Å². The molecule has 2 aromatic carbocycles. The normalized spacial score (nSPS) is 12.0. The van der Waals surface area contributed by atoms with Crippen LogP contribution in [0.4, 0.5) is 8.78 Å². The maximum atomic E-state index is 13.1. The van der Waals surface area contributed by atoms with Crippen LogP contribution in [0.25, 0.3) is 0 Å². The van der Waals surface area contributed by atoms with E-state index in [1.165, 1.54) is 24.3 Å². The first-order valence-corrected chi connectivity index (χ1v) is 7.91. The molecule has 122 valence electrons. The Hall–Kier alpha value is -2.01. The zero-order valence-corrected chi connectivity index (χ0v) is 14.0. The van der Waals surface area contributed by atoms with Crippen LogP contribution in [0.5, 0.6) is 0 Å². The van der Waals surface area contributed by atoms with Crippen molar-refractivity contribution in [3.63, 3.8) is 0 Å². The lowest BCUT2D eigenvalue weighted by Gasteiger charge is -2.24. The SMILES string of the molecule is CC(C)[C@@H](NC(=S)NCc1ccc(F)cc1)c1ccc(F)cc1. The molecule has 0 aliphatic heterocycles. The van der Waals surface area contributed by atoms with Gasteiger partial charge in [-0.05, 0) is 53.5 Å². The highest BCUT2D eigenvalue weighted by Crippen LogP contribution is 2.21. The van der Waals surface area contributed by atoms with Crippen molar-refractivity contribution in [1.29, 1.82) is 0 Å². The van der Waals surface area contributed by atoms with Crippen LogP contribution in [-0.4, -0.2) is 5.11 Å². The Morgan fingerprint density at radius 1 is 0.957 bits per heavy atom. The van der Waals surface area contributed by atoms with E-state index in [1.807, 2.05) is 0 Å². The van der Waals surface area contributed by atoms with E-state index >= 15 is 0 Å². The Kier molecular flexibility index (Phi) is 6.04. The predicted octanol–water partition coefficient (Wildman–Crippen LogP) is 4.33. The molecular weight excluding hydrogens is 314 g/mol. The third kappa shape index (κ3) is 5.28. The quantitative estimate of drug-likeness (QED) is 0.796. The van der Waals surface area contributed by atoms with Gasteiger partial charge in [-0.15, -0.1) is 0 Å². The molecule has 0 spiro atoms. The zero-order valence-electron chi connectivity index (χ0n) is 13.1. The smallest absolute Gasteiger partial charge is 0.167 e. The molecule has 0 radical (unpaired) electrons. The topological polar surface area (TPSA) is 24.1 Å². The fourth-order valence-electron chi connectivity index (χ4n) is 2.28. The maximum Gasteiger partial charge on any atom is 0.167 e. The molecule has 23 heavy (non-hydrogen) atoms. The average molecular weight is 334 g/mol. The van der Waals surface area contributed by atoms with Crippen molar-refractivity contribution in [3.8, 4) is 0 Å². The van der Waals surface area contributed by atoms with Gasteiger partial charge >= 0.3 is 0 Å². The molecule has 0 unspecified atom stereocenters. The molecule has 0 heterocycles. The molecule has 2 nitrogen and oxygen atoms in total. The van der Waals surface area contributed by atoms with E-state index in [-0.39, 0.29) is 23.6 Å². The second-order valence-corrected chi connectivity index (χ2v) is 6.13. The van der Waals surface area contributed by atoms with E-state index in [2.05, 4.69) is 24.5 Å². The van der Waals surface area contributed by atoms with E-state index in [1.54, 1.807) is 24.3 Å². The van der Waals surface area contributed by atoms with Crippen LogP contribution in [-0.2, 0) is 6.54 Å². The van der Waals surface area contributed by atoms with E-state index in [0.717, 1.165) is 11.1 Å². The fraction of sp³-hybridized carbons (Fsp3) is 0.278. The summed E-state index contributed by atoms with van der Waals surface area (Å²) in [5, 5.41) is 6.88. The maximum absolute atomic E-state index is 13.1. The summed E-state index contributed by atoms with van der Waals surface area (Å²) in [4.78, 5) is 0. The van der Waals surface area contributed by atoms with Crippen LogP contribution >= 0.6 is 12.2 Å². The molecular formula is C18H20F2N2S. The molecule has 0 aliphatic carbocycles. The third-order valence-corrected chi connectivity index (χ3v) is 3.81. The van der Waals surface area contributed by atoms with Gasteiger partial charge in [-0.1, -0.05) is 38.1 Å². The summed E-state index contributed by atoms with van der Waals surface area (Å²) in [6.45, 7) is 4.66. The first-order valence-electron chi connectivity index (χ1n) is 7.50. The summed E-state index contributed by atoms with van der Waals surface area (Å²) in [6.07, 6.45) is 0. The van der Waals surface area contributed by atoms with Crippen molar-refractivity contribution >= 4 is 17.3 Å². The second-order valence-electron chi connectivity index (χ2n) is 5.73. The van der Waals surface area contributed by atoms with Crippen LogP contribution in [0.3, 0.4) is 0 Å². The lowest BCUT2D eigenvalue weighted by Crippen LogP contribution is -2.39. The van der Waals surface area contributed by atoms with Gasteiger partial charge in [-0.3, -0.25) is 0 Å². The molecule has 0 fully saturated rings. The van der Waals surface area contributed by atoms with Gasteiger partial charge in [0.15, 0.2) is 5.11 Å². The number of halogens is 2. The lowest BCUT2D eigenvalue weighted by atomic mass is 9.96. The molecule has 2 N–H and O–H groups in total. The lowest BCUT2D eigenvalue weighted by molar-refractivity contribution is 0.468. The summed E-state index contributed by atoms with van der Waals surface area (Å²) in [6, 6.07) is 12.7. The highest BCUT2D eigenvalue weighted by atomic mass is 32.1. The Labute approximate surface area is 140 Å². The molecule has 0 saturated carbocycles. The third-order valence-electron chi connectivity index (χ3n) is 3.55. The predicted molar refractivity (Wildman–Crippen MR) is 93.0 cm³/mol. The highest BCUT2D eigenvalue weighted by Gasteiger charge is 2.16. The fourth-order valence-corrected chi connectivity index (χ4v) is 2.48. The number of rotatable bonds is 5. The first-order chi connectivity index (χ1) is 11.0. The molecule has 0 aromatic heterocycles. The van der Waals surface area contributed by atoms with Crippen molar-refractivity contribution in [3.05, 3.63) is 71.3 Å². The minimum absolute atomic E-state index is 0.0104. The molecule has 5 heteroatoms. The van der Waals surface area contributed by atoms with Crippen LogP contribution in [0.2, 0.25) is 0 Å². The van der Waals surface area contributed by atoms with E-state index in [0.29, 0.717) is 11.7 Å². The summed E-state index contributed by atoms with van der Waals surface area (Å²) < 4.78 is 25.9. The summed E-state index contributed by atoms with van der Waals surface area (Å²) in [5.74, 6) is -0.232. The van der Waals surface area contributed by atoms with Crippen molar-refractivity contribution < 1.29 is 8.78 Å². The Balaban J connectivity index is 1.95. The summed E-state index contributed by atoms with van der Waals surface area (Å²) in [7, 11) is 0. The van der Waals surface area contributed by atoms with Gasteiger partial charge in [0.1, 0.15) is 11.6 Å². The van der Waals surface area contributed by atoms with Crippen LogP contribution in [0.1, 0.15) is 31.0 Å². The molecule has 0 aliphatic rings. The Morgan fingerprint density at radius 2 is 1.48 bits per heavy atom. The monoisotopic (exact) mass is 334 g/mol. The van der Waals surface area contributed by atoms with Gasteiger partial charge in [0, 0.05) is 6.54 Å². The molecule has 1 atom stereocenters. The van der Waals surface area contributed by atoms with Crippen LogP contribution < -0.4 is 10.6 Å². The van der Waals surface area contributed by atoms with Gasteiger partial charge < -0.3 is 10.6 Å². The van der Waals surface area contributed by atoms with Crippen molar-refractivity contribution in [2.75, 3.05) is 0 Å². The molecule has 2 rings (SSSR count). The highest BCUT2D eigenvalue weighted by molar-refractivity contribution is 7.80. The largest absolute Gasteiger partial charge is 0.359 e. The molecule has 2 aromatic rings. The molecule has 0 bridgehead atoms. The molecule has 0 saturated heterocycles. The van der Waals surface area contributed by atoms with E-state index < -0.39 is 0 Å². The first kappa shape index (κ1) is 17.3. The minimum atomic E-state index is -0.259. The number of thiocarbonyl (C=S) groups is 1. The zero-order chi connectivity index (χ0) is 16.8. The number of hydrogen-bond donors (Lipinski definition) is 2. The Morgan fingerprint density at radius 3 is 2.00 bits per heavy atom.